The Kier molecular flexibility index (Phi) is 5.52. The fourth-order valence-electron chi connectivity index (χ4n) is 4.20. The second-order valence-corrected chi connectivity index (χ2v) is 6.33. The van der Waals surface area contributed by atoms with Crippen molar-refractivity contribution in [2.45, 2.75) is 57.4 Å². The molecule has 3 nitrogen and oxygen atoms in total. The van der Waals surface area contributed by atoms with E-state index in [1.165, 1.54) is 44.9 Å². The molecule has 0 aromatic heterocycles. The topological polar surface area (TPSA) is 32.3 Å². The first-order valence-electron chi connectivity index (χ1n) is 7.87. The van der Waals surface area contributed by atoms with Crippen molar-refractivity contribution in [1.29, 1.82) is 0 Å². The first-order valence-corrected chi connectivity index (χ1v) is 7.87. The van der Waals surface area contributed by atoms with Gasteiger partial charge in [-0.1, -0.05) is 12.8 Å². The molecule has 110 valence electrons. The van der Waals surface area contributed by atoms with Gasteiger partial charge in [0.2, 0.25) is 5.91 Å². The van der Waals surface area contributed by atoms with Crippen molar-refractivity contribution in [3.05, 3.63) is 0 Å². The molecule has 1 N–H and O–H groups in total. The highest BCUT2D eigenvalue weighted by molar-refractivity contribution is 5.85. The lowest BCUT2D eigenvalue weighted by molar-refractivity contribution is -0.142. The number of hydrogen-bond donors (Lipinski definition) is 1. The standard InChI is InChI=1S/C15H26N2O.ClH/c18-15(13-6-3-9-16-11-13)17-10-4-7-12-5-1-2-8-14(12)17;/h12-14,16H,1-11H2;1H. The summed E-state index contributed by atoms with van der Waals surface area (Å²) in [6.45, 7) is 3.03. The van der Waals surface area contributed by atoms with Gasteiger partial charge in [0.25, 0.3) is 0 Å². The number of carbonyl (C=O) groups excluding carboxylic acids is 1. The Bertz CT molecular complexity index is 303. The van der Waals surface area contributed by atoms with Crippen LogP contribution >= 0.6 is 12.4 Å². The molecule has 1 amide bonds. The Labute approximate surface area is 122 Å². The Hall–Kier alpha value is -0.280. The van der Waals surface area contributed by atoms with Crippen LogP contribution in [0.25, 0.3) is 0 Å². The molecule has 3 fully saturated rings. The van der Waals surface area contributed by atoms with E-state index in [0.717, 1.165) is 32.0 Å². The molecule has 1 saturated carbocycles. The molecule has 2 heterocycles. The van der Waals surface area contributed by atoms with Crippen LogP contribution in [0.2, 0.25) is 0 Å². The van der Waals surface area contributed by atoms with Crippen molar-refractivity contribution in [3.63, 3.8) is 0 Å². The summed E-state index contributed by atoms with van der Waals surface area (Å²) in [5.74, 6) is 1.53. The number of fused-ring (bicyclic) bond motifs is 1. The summed E-state index contributed by atoms with van der Waals surface area (Å²) in [6.07, 6.45) is 10.2. The van der Waals surface area contributed by atoms with Gasteiger partial charge in [0, 0.05) is 19.1 Å². The van der Waals surface area contributed by atoms with E-state index in [2.05, 4.69) is 10.2 Å². The SMILES string of the molecule is Cl.O=C(C1CCCNC1)N1CCCC2CCCCC21. The van der Waals surface area contributed by atoms with Gasteiger partial charge in [0.05, 0.1) is 5.92 Å². The number of likely N-dealkylation sites (tertiary alicyclic amines) is 1. The molecule has 0 aromatic rings. The van der Waals surface area contributed by atoms with E-state index in [0.29, 0.717) is 11.9 Å². The molecule has 2 saturated heterocycles. The lowest BCUT2D eigenvalue weighted by Crippen LogP contribution is -2.53. The zero-order valence-electron chi connectivity index (χ0n) is 11.8. The van der Waals surface area contributed by atoms with Crippen LogP contribution in [0.1, 0.15) is 51.4 Å². The minimum absolute atomic E-state index is 0. The minimum Gasteiger partial charge on any atom is -0.339 e. The van der Waals surface area contributed by atoms with Gasteiger partial charge < -0.3 is 10.2 Å². The number of nitrogens with one attached hydrogen (secondary N) is 1. The number of carbonyl (C=O) groups is 1. The van der Waals surface area contributed by atoms with Crippen LogP contribution in [0, 0.1) is 11.8 Å². The van der Waals surface area contributed by atoms with Gasteiger partial charge in [-0.05, 0) is 51.0 Å². The molecule has 3 rings (SSSR count). The molecule has 2 aliphatic heterocycles. The average molecular weight is 287 g/mol. The maximum Gasteiger partial charge on any atom is 0.227 e. The Balaban J connectivity index is 0.00000133. The molecule has 0 bridgehead atoms. The lowest BCUT2D eigenvalue weighted by Gasteiger charge is -2.45. The number of amides is 1. The Morgan fingerprint density at radius 3 is 2.58 bits per heavy atom. The van der Waals surface area contributed by atoms with Crippen LogP contribution in [-0.4, -0.2) is 36.5 Å². The highest BCUT2D eigenvalue weighted by Gasteiger charge is 2.37. The van der Waals surface area contributed by atoms with Crippen molar-refractivity contribution in [1.82, 2.24) is 10.2 Å². The van der Waals surface area contributed by atoms with E-state index in [9.17, 15) is 4.79 Å². The Morgan fingerprint density at radius 2 is 1.79 bits per heavy atom. The maximum atomic E-state index is 12.7. The van der Waals surface area contributed by atoms with Crippen LogP contribution in [0.15, 0.2) is 0 Å². The summed E-state index contributed by atoms with van der Waals surface area (Å²) >= 11 is 0. The van der Waals surface area contributed by atoms with Crippen LogP contribution in [0.3, 0.4) is 0 Å². The van der Waals surface area contributed by atoms with E-state index in [1.54, 1.807) is 0 Å². The second-order valence-electron chi connectivity index (χ2n) is 6.33. The normalized spacial score (nSPS) is 35.2. The van der Waals surface area contributed by atoms with Crippen LogP contribution in [0.5, 0.6) is 0 Å². The lowest BCUT2D eigenvalue weighted by atomic mass is 9.77. The molecule has 3 aliphatic rings. The third-order valence-electron chi connectivity index (χ3n) is 5.17. The largest absolute Gasteiger partial charge is 0.339 e. The quantitative estimate of drug-likeness (QED) is 0.804. The first-order chi connectivity index (χ1) is 8.86. The summed E-state index contributed by atoms with van der Waals surface area (Å²) in [7, 11) is 0. The van der Waals surface area contributed by atoms with Gasteiger partial charge in [-0.2, -0.15) is 0 Å². The number of nitrogens with zero attached hydrogens (tertiary/aromatic N) is 1. The highest BCUT2D eigenvalue weighted by Crippen LogP contribution is 2.36. The third-order valence-corrected chi connectivity index (χ3v) is 5.17. The molecule has 3 atom stereocenters. The number of halogens is 1. The van der Waals surface area contributed by atoms with Gasteiger partial charge in [-0.15, -0.1) is 12.4 Å². The summed E-state index contributed by atoms with van der Waals surface area (Å²) in [4.78, 5) is 15.0. The first kappa shape index (κ1) is 15.1. The minimum atomic E-state index is 0. The fraction of sp³-hybridized carbons (Fsp3) is 0.933. The van der Waals surface area contributed by atoms with E-state index in [-0.39, 0.29) is 18.3 Å². The number of rotatable bonds is 1. The van der Waals surface area contributed by atoms with Crippen LogP contribution in [-0.2, 0) is 4.79 Å². The molecular formula is C15H27ClN2O. The van der Waals surface area contributed by atoms with E-state index in [1.807, 2.05) is 0 Å². The second kappa shape index (κ2) is 6.94. The van der Waals surface area contributed by atoms with Crippen LogP contribution in [0.4, 0.5) is 0 Å². The van der Waals surface area contributed by atoms with Crippen molar-refractivity contribution in [2.24, 2.45) is 11.8 Å². The zero-order valence-corrected chi connectivity index (χ0v) is 12.6. The molecule has 1 aliphatic carbocycles. The molecule has 19 heavy (non-hydrogen) atoms. The monoisotopic (exact) mass is 286 g/mol. The molecule has 0 radical (unpaired) electrons. The van der Waals surface area contributed by atoms with Gasteiger partial charge in [0.15, 0.2) is 0 Å². The van der Waals surface area contributed by atoms with Crippen molar-refractivity contribution < 1.29 is 4.79 Å². The average Bonchev–Trinajstić information content (AvgIpc) is 2.47. The summed E-state index contributed by atoms with van der Waals surface area (Å²) < 4.78 is 0. The third kappa shape index (κ3) is 3.25. The van der Waals surface area contributed by atoms with Gasteiger partial charge >= 0.3 is 0 Å². The smallest absolute Gasteiger partial charge is 0.227 e. The summed E-state index contributed by atoms with van der Waals surface area (Å²) in [5, 5.41) is 3.38. The molecule has 4 heteroatoms. The molecular weight excluding hydrogens is 260 g/mol. The highest BCUT2D eigenvalue weighted by atomic mass is 35.5. The molecule has 0 spiro atoms. The van der Waals surface area contributed by atoms with Crippen molar-refractivity contribution >= 4 is 18.3 Å². The van der Waals surface area contributed by atoms with Crippen molar-refractivity contribution in [2.75, 3.05) is 19.6 Å². The Morgan fingerprint density at radius 1 is 1.00 bits per heavy atom. The fourth-order valence-corrected chi connectivity index (χ4v) is 4.20. The van der Waals surface area contributed by atoms with E-state index >= 15 is 0 Å². The van der Waals surface area contributed by atoms with Gasteiger partial charge in [-0.3, -0.25) is 4.79 Å². The van der Waals surface area contributed by atoms with Crippen molar-refractivity contribution in [3.8, 4) is 0 Å². The maximum absolute atomic E-state index is 12.7. The number of hydrogen-bond acceptors (Lipinski definition) is 2. The predicted octanol–water partition coefficient (Wildman–Crippen LogP) is 2.59. The zero-order chi connectivity index (χ0) is 12.4. The number of piperidine rings is 2. The van der Waals surface area contributed by atoms with E-state index < -0.39 is 0 Å². The molecule has 3 unspecified atom stereocenters. The predicted molar refractivity (Wildman–Crippen MR) is 79.5 cm³/mol. The summed E-state index contributed by atoms with van der Waals surface area (Å²) in [6, 6.07) is 0.585. The van der Waals surface area contributed by atoms with Gasteiger partial charge in [0.1, 0.15) is 0 Å². The van der Waals surface area contributed by atoms with E-state index in [4.69, 9.17) is 0 Å². The molecule has 0 aromatic carbocycles. The summed E-state index contributed by atoms with van der Waals surface area (Å²) in [5.41, 5.74) is 0. The van der Waals surface area contributed by atoms with Gasteiger partial charge in [-0.25, -0.2) is 0 Å². The van der Waals surface area contributed by atoms with Crippen LogP contribution < -0.4 is 5.32 Å².